The minimum atomic E-state index is 0.358. The molecular weight excluding hydrogens is 210 g/mol. The Labute approximate surface area is 104 Å². The summed E-state index contributed by atoms with van der Waals surface area (Å²) in [5, 5.41) is 9.36. The fourth-order valence-corrected chi connectivity index (χ4v) is 3.06. The molecule has 1 aliphatic heterocycles. The van der Waals surface area contributed by atoms with Gasteiger partial charge in [0, 0.05) is 12.1 Å². The van der Waals surface area contributed by atoms with Crippen LogP contribution in [-0.4, -0.2) is 22.6 Å². The summed E-state index contributed by atoms with van der Waals surface area (Å²) >= 11 is 0. The van der Waals surface area contributed by atoms with Gasteiger partial charge in [-0.05, 0) is 49.9 Å². The Morgan fingerprint density at radius 1 is 1.29 bits per heavy atom. The van der Waals surface area contributed by atoms with Crippen molar-refractivity contribution in [2.24, 2.45) is 0 Å². The fourth-order valence-electron chi connectivity index (χ4n) is 3.06. The predicted molar refractivity (Wildman–Crippen MR) is 71.2 cm³/mol. The third-order valence-electron chi connectivity index (χ3n) is 3.96. The van der Waals surface area contributed by atoms with Crippen LogP contribution < -0.4 is 0 Å². The summed E-state index contributed by atoms with van der Waals surface area (Å²) in [5.41, 5.74) is 1.34. The summed E-state index contributed by atoms with van der Waals surface area (Å²) in [5.74, 6) is 0.358. The summed E-state index contributed by atoms with van der Waals surface area (Å²) in [6.45, 7) is 5.76. The Hall–Kier alpha value is -1.02. The smallest absolute Gasteiger partial charge is 0.115 e. The molecule has 94 valence electrons. The number of nitrogens with zero attached hydrogens (tertiary/aromatic N) is 1. The lowest BCUT2D eigenvalue weighted by molar-refractivity contribution is 0.171. The first-order chi connectivity index (χ1) is 8.26. The molecule has 1 fully saturated rings. The van der Waals surface area contributed by atoms with E-state index in [-0.39, 0.29) is 0 Å². The quantitative estimate of drug-likeness (QED) is 0.856. The molecule has 1 heterocycles. The van der Waals surface area contributed by atoms with Crippen molar-refractivity contribution in [3.63, 3.8) is 0 Å². The molecule has 0 radical (unpaired) electrons. The van der Waals surface area contributed by atoms with Crippen LogP contribution in [0.3, 0.4) is 0 Å². The zero-order chi connectivity index (χ0) is 12.3. The lowest BCUT2D eigenvalue weighted by Crippen LogP contribution is -2.32. The zero-order valence-electron chi connectivity index (χ0n) is 10.9. The van der Waals surface area contributed by atoms with E-state index in [9.17, 15) is 5.11 Å². The summed E-state index contributed by atoms with van der Waals surface area (Å²) in [7, 11) is 0. The van der Waals surface area contributed by atoms with Gasteiger partial charge in [0.15, 0.2) is 0 Å². The van der Waals surface area contributed by atoms with E-state index in [1.807, 2.05) is 0 Å². The highest BCUT2D eigenvalue weighted by atomic mass is 16.3. The lowest BCUT2D eigenvalue weighted by Gasteiger charge is -2.32. The molecule has 1 saturated heterocycles. The average Bonchev–Trinajstić information content (AvgIpc) is 2.81. The van der Waals surface area contributed by atoms with Gasteiger partial charge < -0.3 is 5.11 Å². The summed E-state index contributed by atoms with van der Waals surface area (Å²) in [6, 6.07) is 8.99. The van der Waals surface area contributed by atoms with Crippen LogP contribution in [0, 0.1) is 0 Å². The molecule has 2 nitrogen and oxygen atoms in total. The minimum absolute atomic E-state index is 0.358. The molecule has 0 aliphatic carbocycles. The zero-order valence-corrected chi connectivity index (χ0v) is 10.9. The van der Waals surface area contributed by atoms with Crippen molar-refractivity contribution in [2.45, 2.75) is 51.6 Å². The molecule has 2 rings (SSSR count). The second kappa shape index (κ2) is 5.54. The van der Waals surface area contributed by atoms with E-state index < -0.39 is 0 Å². The molecule has 1 N–H and O–H groups in total. The second-order valence-corrected chi connectivity index (χ2v) is 4.96. The number of hydrogen-bond acceptors (Lipinski definition) is 2. The van der Waals surface area contributed by atoms with Crippen LogP contribution in [0.1, 0.15) is 51.1 Å². The van der Waals surface area contributed by atoms with Gasteiger partial charge >= 0.3 is 0 Å². The van der Waals surface area contributed by atoms with Crippen LogP contribution in [0.25, 0.3) is 0 Å². The second-order valence-electron chi connectivity index (χ2n) is 4.96. The van der Waals surface area contributed by atoms with Gasteiger partial charge in [-0.1, -0.05) is 26.0 Å². The van der Waals surface area contributed by atoms with Crippen molar-refractivity contribution in [3.05, 3.63) is 29.8 Å². The van der Waals surface area contributed by atoms with Crippen LogP contribution in [0.15, 0.2) is 24.3 Å². The van der Waals surface area contributed by atoms with Gasteiger partial charge in [-0.25, -0.2) is 0 Å². The number of phenols is 1. The normalized spacial score (nSPS) is 22.8. The predicted octanol–water partition coefficient (Wildman–Crippen LogP) is 3.72. The van der Waals surface area contributed by atoms with Crippen LogP contribution in [-0.2, 0) is 0 Å². The maximum absolute atomic E-state index is 9.36. The summed E-state index contributed by atoms with van der Waals surface area (Å²) in [6.07, 6.45) is 5.05. The number of likely N-dealkylation sites (tertiary alicyclic amines) is 1. The number of hydrogen-bond donors (Lipinski definition) is 1. The third kappa shape index (κ3) is 2.63. The van der Waals surface area contributed by atoms with Gasteiger partial charge in [0.2, 0.25) is 0 Å². The Morgan fingerprint density at radius 2 is 2.00 bits per heavy atom. The molecule has 0 saturated carbocycles. The third-order valence-corrected chi connectivity index (χ3v) is 3.96. The van der Waals surface area contributed by atoms with E-state index in [1.54, 1.807) is 12.1 Å². The average molecular weight is 233 g/mol. The highest BCUT2D eigenvalue weighted by molar-refractivity contribution is 5.28. The van der Waals surface area contributed by atoms with Gasteiger partial charge in [0.25, 0.3) is 0 Å². The summed E-state index contributed by atoms with van der Waals surface area (Å²) < 4.78 is 0. The molecule has 1 aromatic carbocycles. The van der Waals surface area contributed by atoms with E-state index in [2.05, 4.69) is 30.9 Å². The van der Waals surface area contributed by atoms with Crippen LogP contribution in [0.2, 0.25) is 0 Å². The standard InChI is InChI=1S/C15H23NO/c1-3-13-6-5-11-16(13)15(4-2)12-7-9-14(17)10-8-12/h7-10,13,15,17H,3-6,11H2,1-2H3. The first kappa shape index (κ1) is 12.4. The molecule has 0 bridgehead atoms. The molecule has 0 amide bonds. The first-order valence-electron chi connectivity index (χ1n) is 6.81. The molecule has 2 heteroatoms. The lowest BCUT2D eigenvalue weighted by atomic mass is 10.0. The minimum Gasteiger partial charge on any atom is -0.508 e. The SMILES string of the molecule is CCC1CCCN1C(CC)c1ccc(O)cc1. The van der Waals surface area contributed by atoms with E-state index in [1.165, 1.54) is 31.4 Å². The van der Waals surface area contributed by atoms with Gasteiger partial charge in [-0.3, -0.25) is 4.90 Å². The highest BCUT2D eigenvalue weighted by Crippen LogP contribution is 2.33. The van der Waals surface area contributed by atoms with E-state index in [0.717, 1.165) is 12.5 Å². The number of rotatable bonds is 4. The molecule has 1 aliphatic rings. The number of aromatic hydroxyl groups is 1. The molecule has 2 unspecified atom stereocenters. The van der Waals surface area contributed by atoms with E-state index in [4.69, 9.17) is 0 Å². The van der Waals surface area contributed by atoms with Crippen molar-refractivity contribution in [1.29, 1.82) is 0 Å². The van der Waals surface area contributed by atoms with Gasteiger partial charge in [-0.2, -0.15) is 0 Å². The fraction of sp³-hybridized carbons (Fsp3) is 0.600. The Balaban J connectivity index is 2.18. The maximum atomic E-state index is 9.36. The molecule has 0 aromatic heterocycles. The van der Waals surface area contributed by atoms with Crippen LogP contribution in [0.5, 0.6) is 5.75 Å². The number of benzene rings is 1. The molecular formula is C15H23NO. The topological polar surface area (TPSA) is 23.5 Å². The molecule has 1 aromatic rings. The van der Waals surface area contributed by atoms with Gasteiger partial charge in [-0.15, -0.1) is 0 Å². The van der Waals surface area contributed by atoms with E-state index >= 15 is 0 Å². The largest absolute Gasteiger partial charge is 0.508 e. The monoisotopic (exact) mass is 233 g/mol. The Kier molecular flexibility index (Phi) is 4.06. The van der Waals surface area contributed by atoms with Crippen molar-refractivity contribution >= 4 is 0 Å². The Morgan fingerprint density at radius 3 is 2.59 bits per heavy atom. The highest BCUT2D eigenvalue weighted by Gasteiger charge is 2.29. The van der Waals surface area contributed by atoms with Crippen molar-refractivity contribution in [3.8, 4) is 5.75 Å². The van der Waals surface area contributed by atoms with Crippen LogP contribution in [0.4, 0.5) is 0 Å². The molecule has 2 atom stereocenters. The summed E-state index contributed by atoms with van der Waals surface area (Å²) in [4.78, 5) is 2.65. The van der Waals surface area contributed by atoms with Crippen LogP contribution >= 0.6 is 0 Å². The molecule has 0 spiro atoms. The maximum Gasteiger partial charge on any atom is 0.115 e. The number of phenolic OH excluding ortho intramolecular Hbond substituents is 1. The van der Waals surface area contributed by atoms with Crippen molar-refractivity contribution in [1.82, 2.24) is 4.90 Å². The van der Waals surface area contributed by atoms with Gasteiger partial charge in [0.1, 0.15) is 5.75 Å². The Bertz CT molecular complexity index is 346. The van der Waals surface area contributed by atoms with Crippen molar-refractivity contribution < 1.29 is 5.11 Å². The molecule has 17 heavy (non-hydrogen) atoms. The van der Waals surface area contributed by atoms with Crippen molar-refractivity contribution in [2.75, 3.05) is 6.54 Å². The first-order valence-corrected chi connectivity index (χ1v) is 6.81. The van der Waals surface area contributed by atoms with E-state index in [0.29, 0.717) is 11.8 Å². The van der Waals surface area contributed by atoms with Gasteiger partial charge in [0.05, 0.1) is 0 Å².